The van der Waals surface area contributed by atoms with Crippen LogP contribution in [0.1, 0.15) is 39.5 Å². The van der Waals surface area contributed by atoms with Crippen LogP contribution >= 0.6 is 23.4 Å². The molecule has 0 radical (unpaired) electrons. The van der Waals surface area contributed by atoms with Gasteiger partial charge in [0.2, 0.25) is 0 Å². The van der Waals surface area contributed by atoms with Crippen molar-refractivity contribution in [2.24, 2.45) is 5.92 Å². The average Bonchev–Trinajstić information content (AvgIpc) is 2.02. The zero-order chi connectivity index (χ0) is 9.23. The van der Waals surface area contributed by atoms with Crippen molar-refractivity contribution in [1.82, 2.24) is 0 Å². The van der Waals surface area contributed by atoms with Crippen molar-refractivity contribution < 1.29 is 0 Å². The SMILES string of the molecule is CC(C)CSCCCCCCCl. The first-order valence-corrected chi connectivity index (χ1v) is 6.60. The number of thioether (sulfide) groups is 1. The van der Waals surface area contributed by atoms with Crippen molar-refractivity contribution >= 4 is 23.4 Å². The minimum absolute atomic E-state index is 0.832. The molecule has 0 aromatic rings. The molecule has 0 aliphatic heterocycles. The first-order chi connectivity index (χ1) is 5.77. The maximum absolute atomic E-state index is 5.58. The molecule has 74 valence electrons. The van der Waals surface area contributed by atoms with Crippen LogP contribution in [-0.2, 0) is 0 Å². The van der Waals surface area contributed by atoms with Gasteiger partial charge in [0, 0.05) is 5.88 Å². The van der Waals surface area contributed by atoms with E-state index >= 15 is 0 Å². The van der Waals surface area contributed by atoms with Gasteiger partial charge < -0.3 is 0 Å². The third kappa shape index (κ3) is 10.6. The maximum Gasteiger partial charge on any atom is 0.0223 e. The van der Waals surface area contributed by atoms with Crippen molar-refractivity contribution in [3.05, 3.63) is 0 Å². The Morgan fingerprint density at radius 3 is 2.33 bits per heavy atom. The molecule has 0 saturated carbocycles. The fourth-order valence-corrected chi connectivity index (χ4v) is 2.21. The minimum Gasteiger partial charge on any atom is -0.162 e. The molecule has 0 rings (SSSR count). The highest BCUT2D eigenvalue weighted by Crippen LogP contribution is 2.11. The summed E-state index contributed by atoms with van der Waals surface area (Å²) in [6, 6.07) is 0. The lowest BCUT2D eigenvalue weighted by molar-refractivity contribution is 0.706. The molecule has 0 bridgehead atoms. The molecular weight excluding hydrogens is 188 g/mol. The second-order valence-electron chi connectivity index (χ2n) is 3.57. The topological polar surface area (TPSA) is 0 Å². The summed E-state index contributed by atoms with van der Waals surface area (Å²) in [6.45, 7) is 4.56. The fourth-order valence-electron chi connectivity index (χ4n) is 0.971. The van der Waals surface area contributed by atoms with Gasteiger partial charge in [-0.1, -0.05) is 26.7 Å². The van der Waals surface area contributed by atoms with Gasteiger partial charge >= 0.3 is 0 Å². The number of rotatable bonds is 8. The van der Waals surface area contributed by atoms with E-state index in [4.69, 9.17) is 11.6 Å². The fraction of sp³-hybridized carbons (Fsp3) is 1.00. The van der Waals surface area contributed by atoms with Gasteiger partial charge in [0.15, 0.2) is 0 Å². The molecule has 0 aromatic carbocycles. The lowest BCUT2D eigenvalue weighted by atomic mass is 10.2. The highest BCUT2D eigenvalue weighted by molar-refractivity contribution is 7.99. The van der Waals surface area contributed by atoms with E-state index in [0.717, 1.165) is 11.8 Å². The van der Waals surface area contributed by atoms with Crippen molar-refractivity contribution in [3.63, 3.8) is 0 Å². The Morgan fingerprint density at radius 2 is 1.75 bits per heavy atom. The summed E-state index contributed by atoms with van der Waals surface area (Å²) in [5.74, 6) is 4.33. The van der Waals surface area contributed by atoms with E-state index in [9.17, 15) is 0 Å². The van der Waals surface area contributed by atoms with E-state index in [2.05, 4.69) is 25.6 Å². The first kappa shape index (κ1) is 12.6. The number of alkyl halides is 1. The van der Waals surface area contributed by atoms with Crippen LogP contribution < -0.4 is 0 Å². The van der Waals surface area contributed by atoms with E-state index in [-0.39, 0.29) is 0 Å². The van der Waals surface area contributed by atoms with E-state index < -0.39 is 0 Å². The van der Waals surface area contributed by atoms with E-state index in [1.807, 2.05) is 0 Å². The third-order valence-corrected chi connectivity index (χ3v) is 3.37. The second-order valence-corrected chi connectivity index (χ2v) is 5.10. The van der Waals surface area contributed by atoms with Crippen LogP contribution in [0.4, 0.5) is 0 Å². The van der Waals surface area contributed by atoms with Gasteiger partial charge in [-0.2, -0.15) is 11.8 Å². The molecule has 0 amide bonds. The molecule has 0 aliphatic rings. The Bertz CT molecular complexity index is 83.9. The van der Waals surface area contributed by atoms with Crippen LogP contribution in [0, 0.1) is 5.92 Å². The van der Waals surface area contributed by atoms with Crippen LogP contribution in [0.5, 0.6) is 0 Å². The quantitative estimate of drug-likeness (QED) is 0.426. The largest absolute Gasteiger partial charge is 0.162 e. The summed E-state index contributed by atoms with van der Waals surface area (Å²) in [7, 11) is 0. The van der Waals surface area contributed by atoms with Gasteiger partial charge in [-0.3, -0.25) is 0 Å². The maximum atomic E-state index is 5.58. The van der Waals surface area contributed by atoms with Crippen molar-refractivity contribution in [3.8, 4) is 0 Å². The van der Waals surface area contributed by atoms with Gasteiger partial charge in [0.1, 0.15) is 0 Å². The summed E-state index contributed by atoms with van der Waals surface area (Å²) in [4.78, 5) is 0. The Hall–Kier alpha value is 0.640. The monoisotopic (exact) mass is 208 g/mol. The van der Waals surface area contributed by atoms with Crippen LogP contribution in [0.2, 0.25) is 0 Å². The second kappa shape index (κ2) is 9.73. The highest BCUT2D eigenvalue weighted by Gasteiger charge is 1.94. The molecule has 0 atom stereocenters. The van der Waals surface area contributed by atoms with E-state index in [1.54, 1.807) is 0 Å². The zero-order valence-corrected chi connectivity index (χ0v) is 9.89. The first-order valence-electron chi connectivity index (χ1n) is 4.91. The molecule has 0 aromatic heterocycles. The van der Waals surface area contributed by atoms with Gasteiger partial charge in [-0.05, 0) is 30.3 Å². The number of unbranched alkanes of at least 4 members (excludes halogenated alkanes) is 3. The molecule has 0 saturated heterocycles. The number of hydrogen-bond acceptors (Lipinski definition) is 1. The average molecular weight is 209 g/mol. The standard InChI is InChI=1S/C10H21ClS/c1-10(2)9-12-8-6-4-3-5-7-11/h10H,3-9H2,1-2H3. The molecule has 0 spiro atoms. The molecule has 12 heavy (non-hydrogen) atoms. The van der Waals surface area contributed by atoms with Gasteiger partial charge in [-0.15, -0.1) is 11.6 Å². The molecule has 0 heterocycles. The molecule has 0 N–H and O–H groups in total. The van der Waals surface area contributed by atoms with Crippen LogP contribution in [0.3, 0.4) is 0 Å². The Kier molecular flexibility index (Phi) is 10.2. The summed E-state index contributed by atoms with van der Waals surface area (Å²) in [6.07, 6.45) is 5.23. The van der Waals surface area contributed by atoms with Gasteiger partial charge in [0.05, 0.1) is 0 Å². The Balaban J connectivity index is 2.82. The van der Waals surface area contributed by atoms with Crippen molar-refractivity contribution in [2.75, 3.05) is 17.4 Å². The van der Waals surface area contributed by atoms with Crippen LogP contribution in [0.15, 0.2) is 0 Å². The zero-order valence-electron chi connectivity index (χ0n) is 8.31. The van der Waals surface area contributed by atoms with Crippen molar-refractivity contribution in [1.29, 1.82) is 0 Å². The van der Waals surface area contributed by atoms with Gasteiger partial charge in [0.25, 0.3) is 0 Å². The lowest BCUT2D eigenvalue weighted by Gasteiger charge is -2.03. The lowest BCUT2D eigenvalue weighted by Crippen LogP contribution is -1.92. The predicted molar refractivity (Wildman–Crippen MR) is 61.4 cm³/mol. The van der Waals surface area contributed by atoms with Crippen molar-refractivity contribution in [2.45, 2.75) is 39.5 Å². The molecule has 0 unspecified atom stereocenters. The summed E-state index contributed by atoms with van der Waals surface area (Å²) < 4.78 is 0. The molecule has 2 heteroatoms. The number of halogens is 1. The smallest absolute Gasteiger partial charge is 0.0223 e. The van der Waals surface area contributed by atoms with Crippen LogP contribution in [0.25, 0.3) is 0 Å². The summed E-state index contributed by atoms with van der Waals surface area (Å²) in [5.41, 5.74) is 0. The van der Waals surface area contributed by atoms with E-state index in [1.165, 1.54) is 37.2 Å². The molecule has 0 aliphatic carbocycles. The van der Waals surface area contributed by atoms with E-state index in [0.29, 0.717) is 0 Å². The molecular formula is C10H21ClS. The predicted octanol–water partition coefficient (Wildman–Crippen LogP) is 4.17. The third-order valence-electron chi connectivity index (χ3n) is 1.62. The Labute approximate surface area is 86.5 Å². The Morgan fingerprint density at radius 1 is 1.08 bits per heavy atom. The highest BCUT2D eigenvalue weighted by atomic mass is 35.5. The minimum atomic E-state index is 0.832. The summed E-state index contributed by atoms with van der Waals surface area (Å²) >= 11 is 7.66. The van der Waals surface area contributed by atoms with Crippen LogP contribution in [-0.4, -0.2) is 17.4 Å². The molecule has 0 nitrogen and oxygen atoms in total. The number of hydrogen-bond donors (Lipinski definition) is 0. The van der Waals surface area contributed by atoms with Gasteiger partial charge in [-0.25, -0.2) is 0 Å². The normalized spacial score (nSPS) is 11.0. The molecule has 0 fully saturated rings. The summed E-state index contributed by atoms with van der Waals surface area (Å²) in [5, 5.41) is 0.